The van der Waals surface area contributed by atoms with Crippen LogP contribution in [0.1, 0.15) is 13.8 Å². The number of ether oxygens (including phenoxy) is 1. The lowest BCUT2D eigenvalue weighted by Gasteiger charge is -2.16. The van der Waals surface area contributed by atoms with E-state index in [-0.39, 0.29) is 6.61 Å². The molecule has 7 heteroatoms. The van der Waals surface area contributed by atoms with Gasteiger partial charge in [-0.15, -0.1) is 0 Å². The van der Waals surface area contributed by atoms with Crippen molar-refractivity contribution in [3.05, 3.63) is 0 Å². The fourth-order valence-corrected chi connectivity index (χ4v) is 1.47. The average Bonchev–Trinajstić information content (AvgIpc) is 1.95. The third kappa shape index (κ3) is 7.22. The molecule has 0 aliphatic carbocycles. The van der Waals surface area contributed by atoms with E-state index >= 15 is 0 Å². The second kappa shape index (κ2) is 5.78. The summed E-state index contributed by atoms with van der Waals surface area (Å²) in [5, 5.41) is 0. The molecule has 0 rings (SSSR count). The maximum absolute atomic E-state index is 11.0. The van der Waals surface area contributed by atoms with Crippen molar-refractivity contribution in [1.82, 2.24) is 0 Å². The first kappa shape index (κ1) is 13.1. The highest BCUT2D eigenvalue weighted by Gasteiger charge is 2.23. The highest BCUT2D eigenvalue weighted by atomic mass is 32.7. The van der Waals surface area contributed by atoms with Gasteiger partial charge in [-0.1, -0.05) is 11.4 Å². The summed E-state index contributed by atoms with van der Waals surface area (Å²) in [6.45, 7) is 3.24. The molecular formula is C6H14NO4PS. The van der Waals surface area contributed by atoms with Crippen molar-refractivity contribution >= 4 is 24.9 Å². The van der Waals surface area contributed by atoms with Crippen LogP contribution in [-0.2, 0) is 9.53 Å². The van der Waals surface area contributed by atoms with Gasteiger partial charge in [-0.05, 0) is 13.8 Å². The first-order valence-corrected chi connectivity index (χ1v) is 6.44. The molecule has 0 fully saturated rings. The van der Waals surface area contributed by atoms with E-state index < -0.39 is 19.1 Å². The predicted molar refractivity (Wildman–Crippen MR) is 53.0 cm³/mol. The molecule has 0 aromatic heterocycles. The molecule has 78 valence electrons. The molecule has 0 saturated heterocycles. The minimum Gasteiger partial charge on any atom is -0.463 e. The van der Waals surface area contributed by atoms with Gasteiger partial charge in [0.05, 0.1) is 0 Å². The molecule has 13 heavy (non-hydrogen) atoms. The summed E-state index contributed by atoms with van der Waals surface area (Å²) in [7, 11) is -1.97. The Morgan fingerprint density at radius 3 is 2.54 bits per heavy atom. The van der Waals surface area contributed by atoms with Crippen LogP contribution in [0.2, 0.25) is 0 Å². The van der Waals surface area contributed by atoms with Crippen LogP contribution in [0.15, 0.2) is 0 Å². The third-order valence-corrected chi connectivity index (χ3v) is 2.87. The quantitative estimate of drug-likeness (QED) is 0.353. The number of hydrogen-bond donors (Lipinski definition) is 3. The Labute approximate surface area is 82.3 Å². The first-order valence-electron chi connectivity index (χ1n) is 3.61. The van der Waals surface area contributed by atoms with E-state index in [4.69, 9.17) is 20.3 Å². The largest absolute Gasteiger partial charge is 0.463 e. The van der Waals surface area contributed by atoms with Crippen molar-refractivity contribution in [2.45, 2.75) is 19.4 Å². The number of carbonyl (C=O) groups excluding carboxylic acids is 1. The van der Waals surface area contributed by atoms with E-state index in [0.717, 1.165) is 11.4 Å². The summed E-state index contributed by atoms with van der Waals surface area (Å²) in [5.74, 6) is -0.131. The van der Waals surface area contributed by atoms with E-state index in [1.807, 2.05) is 0 Å². The van der Waals surface area contributed by atoms with Crippen LogP contribution < -0.4 is 5.73 Å². The highest BCUT2D eigenvalue weighted by Crippen LogP contribution is 2.40. The zero-order valence-electron chi connectivity index (χ0n) is 7.56. The molecule has 0 aromatic carbocycles. The van der Waals surface area contributed by atoms with Crippen molar-refractivity contribution in [3.8, 4) is 0 Å². The molecule has 0 aromatic rings. The number of esters is 1. The van der Waals surface area contributed by atoms with E-state index in [1.54, 1.807) is 13.8 Å². The van der Waals surface area contributed by atoms with Gasteiger partial charge in [0.2, 0.25) is 7.58 Å². The van der Waals surface area contributed by atoms with Crippen LogP contribution in [0.4, 0.5) is 0 Å². The zero-order valence-corrected chi connectivity index (χ0v) is 9.27. The number of rotatable bonds is 5. The van der Waals surface area contributed by atoms with Crippen LogP contribution in [0.5, 0.6) is 0 Å². The van der Waals surface area contributed by atoms with Crippen molar-refractivity contribution in [2.75, 3.05) is 12.4 Å². The second-order valence-electron chi connectivity index (χ2n) is 2.94. The number of nitrogens with two attached hydrogens (primary N) is 1. The van der Waals surface area contributed by atoms with E-state index in [9.17, 15) is 4.79 Å². The lowest BCUT2D eigenvalue weighted by atomic mass is 10.1. The zero-order chi connectivity index (χ0) is 10.5. The van der Waals surface area contributed by atoms with Crippen LogP contribution in [-0.4, -0.2) is 33.7 Å². The van der Waals surface area contributed by atoms with Crippen molar-refractivity contribution in [1.29, 1.82) is 0 Å². The Balaban J connectivity index is 3.49. The predicted octanol–water partition coefficient (Wildman–Crippen LogP) is 0.212. The standard InChI is InChI=1S/C6H14NO4PS/c1-6(2,7)5(8)11-3-4-13-12(9)10/h9-10H,3-4,7H2,1-2H3. The summed E-state index contributed by atoms with van der Waals surface area (Å²) >= 11 is 0.942. The van der Waals surface area contributed by atoms with Crippen LogP contribution in [0, 0.1) is 0 Å². The van der Waals surface area contributed by atoms with E-state index in [1.165, 1.54) is 0 Å². The SMILES string of the molecule is CC(C)(N)C(=O)OCCSP(O)O. The lowest BCUT2D eigenvalue weighted by molar-refractivity contribution is -0.148. The molecule has 0 aliphatic rings. The molecule has 0 bridgehead atoms. The van der Waals surface area contributed by atoms with E-state index in [0.29, 0.717) is 5.75 Å². The topological polar surface area (TPSA) is 92.8 Å². The Hall–Kier alpha value is 0.130. The fourth-order valence-electron chi connectivity index (χ4n) is 0.439. The van der Waals surface area contributed by atoms with Crippen LogP contribution >= 0.6 is 19.0 Å². The summed E-state index contributed by atoms with van der Waals surface area (Å²) in [6.07, 6.45) is 0. The number of hydrogen-bond acceptors (Lipinski definition) is 6. The first-order chi connectivity index (χ1) is 5.84. The van der Waals surface area contributed by atoms with Crippen LogP contribution in [0.3, 0.4) is 0 Å². The summed E-state index contributed by atoms with van der Waals surface area (Å²) in [5.41, 5.74) is 4.45. The molecule has 0 unspecified atom stereocenters. The maximum atomic E-state index is 11.0. The van der Waals surface area contributed by atoms with Crippen molar-refractivity contribution < 1.29 is 19.3 Å². The number of carbonyl (C=O) groups is 1. The van der Waals surface area contributed by atoms with Gasteiger partial charge in [-0.25, -0.2) is 0 Å². The smallest absolute Gasteiger partial charge is 0.325 e. The van der Waals surface area contributed by atoms with E-state index in [2.05, 4.69) is 0 Å². The van der Waals surface area contributed by atoms with Crippen LogP contribution in [0.25, 0.3) is 0 Å². The maximum Gasteiger partial charge on any atom is 0.325 e. The Morgan fingerprint density at radius 2 is 2.15 bits per heavy atom. The summed E-state index contributed by atoms with van der Waals surface area (Å²) in [4.78, 5) is 28.0. The Kier molecular flexibility index (Phi) is 5.83. The van der Waals surface area contributed by atoms with Gasteiger partial charge in [-0.3, -0.25) is 4.79 Å². The second-order valence-corrected chi connectivity index (χ2v) is 5.87. The van der Waals surface area contributed by atoms with Gasteiger partial charge in [0, 0.05) is 5.75 Å². The third-order valence-electron chi connectivity index (χ3n) is 1.05. The Morgan fingerprint density at radius 1 is 1.62 bits per heavy atom. The van der Waals surface area contributed by atoms with Gasteiger partial charge in [0.1, 0.15) is 12.1 Å². The van der Waals surface area contributed by atoms with Gasteiger partial charge >= 0.3 is 5.97 Å². The fraction of sp³-hybridized carbons (Fsp3) is 0.833. The lowest BCUT2D eigenvalue weighted by Crippen LogP contribution is -2.43. The molecule has 0 radical (unpaired) electrons. The molecule has 0 amide bonds. The van der Waals surface area contributed by atoms with Gasteiger partial charge in [-0.2, -0.15) is 0 Å². The van der Waals surface area contributed by atoms with Gasteiger partial charge in [0.15, 0.2) is 0 Å². The van der Waals surface area contributed by atoms with Crippen molar-refractivity contribution in [3.63, 3.8) is 0 Å². The molecular weight excluding hydrogens is 213 g/mol. The molecule has 4 N–H and O–H groups in total. The van der Waals surface area contributed by atoms with Crippen molar-refractivity contribution in [2.24, 2.45) is 5.73 Å². The molecule has 0 heterocycles. The summed E-state index contributed by atoms with van der Waals surface area (Å²) < 4.78 is 4.76. The molecule has 0 atom stereocenters. The molecule has 5 nitrogen and oxygen atoms in total. The minimum atomic E-state index is -1.97. The Bertz CT molecular complexity index is 171. The highest BCUT2D eigenvalue weighted by molar-refractivity contribution is 8.52. The minimum absolute atomic E-state index is 0.143. The normalized spacial score (nSPS) is 11.8. The molecule has 0 aliphatic heterocycles. The summed E-state index contributed by atoms with van der Waals surface area (Å²) in [6, 6.07) is 0. The molecule has 0 saturated carbocycles. The van der Waals surface area contributed by atoms with Gasteiger partial charge in [0.25, 0.3) is 0 Å². The molecule has 0 spiro atoms. The van der Waals surface area contributed by atoms with Gasteiger partial charge < -0.3 is 20.3 Å². The average molecular weight is 227 g/mol. The monoisotopic (exact) mass is 227 g/mol.